The van der Waals surface area contributed by atoms with Gasteiger partial charge in [0.05, 0.1) is 27.5 Å². The standard InChI is InChI=1S/C34H34N6O7S/c1-20(2)16-30(34(44)45)40(19-23-4-8-24(9-5-23)38-39-25-10-13-31(41)27(18-25)33(42)43)48(46,47)26-11-6-22(7-12-26)17-29-32-28(14-15-35-29)36-21(3)37-32/h4-15,18,20,30,41H,16-17,19H2,1-3H3,(H,36,37)(H,42,43)(H,44,45)/t30-/m0/s1. The number of aromatic amines is 1. The average molecular weight is 671 g/mol. The van der Waals surface area contributed by atoms with Gasteiger partial charge in [-0.25, -0.2) is 18.2 Å². The summed E-state index contributed by atoms with van der Waals surface area (Å²) in [5.41, 5.74) is 3.97. The van der Waals surface area contributed by atoms with Gasteiger partial charge in [-0.3, -0.25) is 9.78 Å². The highest BCUT2D eigenvalue weighted by molar-refractivity contribution is 7.89. The molecule has 48 heavy (non-hydrogen) atoms. The van der Waals surface area contributed by atoms with E-state index in [-0.39, 0.29) is 35.0 Å². The molecule has 0 unspecified atom stereocenters. The summed E-state index contributed by atoms with van der Waals surface area (Å²) in [5.74, 6) is -2.29. The molecule has 0 spiro atoms. The highest BCUT2D eigenvalue weighted by Crippen LogP contribution is 2.28. The van der Waals surface area contributed by atoms with Crippen molar-refractivity contribution in [1.29, 1.82) is 0 Å². The van der Waals surface area contributed by atoms with E-state index in [4.69, 9.17) is 0 Å². The normalized spacial score (nSPS) is 12.7. The molecule has 0 aliphatic rings. The number of carboxylic acid groups (broad SMARTS) is 2. The van der Waals surface area contributed by atoms with Crippen molar-refractivity contribution in [2.75, 3.05) is 0 Å². The minimum absolute atomic E-state index is 0.0388. The van der Waals surface area contributed by atoms with Gasteiger partial charge in [0.2, 0.25) is 10.0 Å². The first-order valence-electron chi connectivity index (χ1n) is 15.0. The molecule has 0 bridgehead atoms. The van der Waals surface area contributed by atoms with Crippen LogP contribution in [0.25, 0.3) is 11.0 Å². The zero-order valence-corrected chi connectivity index (χ0v) is 27.2. The van der Waals surface area contributed by atoms with E-state index in [1.165, 1.54) is 30.3 Å². The fraction of sp³-hybridized carbons (Fsp3) is 0.235. The van der Waals surface area contributed by atoms with Crippen molar-refractivity contribution in [3.05, 3.63) is 107 Å². The van der Waals surface area contributed by atoms with E-state index >= 15 is 0 Å². The number of sulfonamides is 1. The molecule has 4 N–H and O–H groups in total. The van der Waals surface area contributed by atoms with Gasteiger partial charge in [-0.15, -0.1) is 0 Å². The Labute approximate surface area is 276 Å². The molecular formula is C34H34N6O7S. The van der Waals surface area contributed by atoms with Gasteiger partial charge in [0, 0.05) is 19.2 Å². The van der Waals surface area contributed by atoms with Crippen LogP contribution in [0.2, 0.25) is 0 Å². The number of aromatic carboxylic acids is 1. The molecule has 13 nitrogen and oxygen atoms in total. The summed E-state index contributed by atoms with van der Waals surface area (Å²) in [6, 6.07) is 17.1. The SMILES string of the molecule is Cc1nc2c(Cc3ccc(S(=O)(=O)N(Cc4ccc(N=Nc5ccc(O)c(C(=O)O)c5)cc4)[C@@H](CC(C)C)C(=O)O)cc3)nccc2[nH]1. The zero-order valence-electron chi connectivity index (χ0n) is 26.4. The van der Waals surface area contributed by atoms with Crippen LogP contribution in [0.15, 0.2) is 94.1 Å². The van der Waals surface area contributed by atoms with Crippen molar-refractivity contribution in [3.63, 3.8) is 0 Å². The van der Waals surface area contributed by atoms with E-state index in [9.17, 15) is 33.3 Å². The minimum Gasteiger partial charge on any atom is -0.507 e. The number of nitrogens with one attached hydrogen (secondary N) is 1. The third kappa shape index (κ3) is 7.73. The van der Waals surface area contributed by atoms with E-state index < -0.39 is 33.8 Å². The van der Waals surface area contributed by atoms with Crippen LogP contribution in [0.3, 0.4) is 0 Å². The largest absolute Gasteiger partial charge is 0.507 e. The number of azo groups is 1. The summed E-state index contributed by atoms with van der Waals surface area (Å²) in [7, 11) is -4.27. The van der Waals surface area contributed by atoms with Gasteiger partial charge < -0.3 is 20.3 Å². The van der Waals surface area contributed by atoms with Crippen LogP contribution in [0, 0.1) is 12.8 Å². The number of aromatic hydroxyl groups is 1. The lowest BCUT2D eigenvalue weighted by Crippen LogP contribution is -2.45. The number of carbonyl (C=O) groups is 2. The zero-order chi connectivity index (χ0) is 34.6. The van der Waals surface area contributed by atoms with Gasteiger partial charge in [-0.1, -0.05) is 38.1 Å². The number of fused-ring (bicyclic) bond motifs is 1. The van der Waals surface area contributed by atoms with Crippen molar-refractivity contribution < 1.29 is 33.3 Å². The molecule has 2 heterocycles. The molecule has 2 aromatic heterocycles. The number of carboxylic acids is 2. The number of aromatic nitrogens is 3. The second-order valence-electron chi connectivity index (χ2n) is 11.7. The van der Waals surface area contributed by atoms with Crippen molar-refractivity contribution in [2.45, 2.75) is 51.1 Å². The summed E-state index contributed by atoms with van der Waals surface area (Å²) in [6.45, 7) is 5.31. The van der Waals surface area contributed by atoms with Gasteiger partial charge in [-0.05, 0) is 78.9 Å². The number of rotatable bonds is 13. The summed E-state index contributed by atoms with van der Waals surface area (Å²) in [5, 5.41) is 37.2. The van der Waals surface area contributed by atoms with Crippen LogP contribution in [0.1, 0.15) is 53.3 Å². The van der Waals surface area contributed by atoms with Crippen LogP contribution < -0.4 is 0 Å². The number of pyridine rings is 1. The van der Waals surface area contributed by atoms with Crippen molar-refractivity contribution in [2.24, 2.45) is 16.1 Å². The predicted molar refractivity (Wildman–Crippen MR) is 177 cm³/mol. The van der Waals surface area contributed by atoms with E-state index in [1.54, 1.807) is 42.6 Å². The summed E-state index contributed by atoms with van der Waals surface area (Å²) in [6.07, 6.45) is 2.21. The first-order valence-corrected chi connectivity index (χ1v) is 16.5. The van der Waals surface area contributed by atoms with E-state index in [0.29, 0.717) is 17.7 Å². The third-order valence-electron chi connectivity index (χ3n) is 7.59. The molecule has 0 radical (unpaired) electrons. The second-order valence-corrected chi connectivity index (χ2v) is 13.6. The maximum Gasteiger partial charge on any atom is 0.339 e. The number of benzene rings is 3. The van der Waals surface area contributed by atoms with Crippen LogP contribution in [0.4, 0.5) is 11.4 Å². The van der Waals surface area contributed by atoms with Crippen LogP contribution in [0.5, 0.6) is 5.75 Å². The predicted octanol–water partition coefficient (Wildman–Crippen LogP) is 6.37. The van der Waals surface area contributed by atoms with Gasteiger partial charge in [0.25, 0.3) is 0 Å². The molecule has 14 heteroatoms. The molecule has 0 fully saturated rings. The van der Waals surface area contributed by atoms with Crippen molar-refractivity contribution >= 4 is 44.4 Å². The molecular weight excluding hydrogens is 636 g/mol. The molecule has 5 aromatic rings. The molecule has 0 saturated carbocycles. The number of phenols is 1. The van der Waals surface area contributed by atoms with E-state index in [2.05, 4.69) is 25.2 Å². The average Bonchev–Trinajstić information content (AvgIpc) is 3.44. The van der Waals surface area contributed by atoms with E-state index in [1.807, 2.05) is 26.8 Å². The number of imidazole rings is 1. The molecule has 0 saturated heterocycles. The lowest BCUT2D eigenvalue weighted by atomic mass is 10.0. The van der Waals surface area contributed by atoms with Crippen LogP contribution in [-0.2, 0) is 27.8 Å². The number of hydrogen-bond donors (Lipinski definition) is 4. The van der Waals surface area contributed by atoms with Gasteiger partial charge >= 0.3 is 11.9 Å². The summed E-state index contributed by atoms with van der Waals surface area (Å²) in [4.78, 5) is 35.9. The molecule has 5 rings (SSSR count). The Morgan fingerprint density at radius 3 is 2.21 bits per heavy atom. The quantitative estimate of drug-likeness (QED) is 0.103. The maximum absolute atomic E-state index is 14.1. The Bertz CT molecular complexity index is 2090. The Morgan fingerprint density at radius 1 is 0.917 bits per heavy atom. The van der Waals surface area contributed by atoms with Crippen molar-refractivity contribution in [3.8, 4) is 5.75 Å². The first-order chi connectivity index (χ1) is 22.8. The Balaban J connectivity index is 1.39. The number of aryl methyl sites for hydroxylation is 1. The Hall–Kier alpha value is -5.47. The van der Waals surface area contributed by atoms with Gasteiger partial charge in [0.1, 0.15) is 28.7 Å². The highest BCUT2D eigenvalue weighted by atomic mass is 32.2. The van der Waals surface area contributed by atoms with Crippen molar-refractivity contribution in [1.82, 2.24) is 19.3 Å². The first kappa shape index (κ1) is 33.9. The number of hydrogen-bond acceptors (Lipinski definition) is 9. The smallest absolute Gasteiger partial charge is 0.339 e. The topological polar surface area (TPSA) is 198 Å². The number of aliphatic carboxylic acids is 1. The molecule has 3 aromatic carbocycles. The fourth-order valence-electron chi connectivity index (χ4n) is 5.22. The fourth-order valence-corrected chi connectivity index (χ4v) is 6.80. The minimum atomic E-state index is -4.27. The summed E-state index contributed by atoms with van der Waals surface area (Å²) >= 11 is 0. The number of H-pyrrole nitrogens is 1. The molecule has 0 amide bonds. The van der Waals surface area contributed by atoms with Crippen LogP contribution in [-0.4, -0.2) is 61.0 Å². The van der Waals surface area contributed by atoms with Gasteiger partial charge in [0.15, 0.2) is 0 Å². The lowest BCUT2D eigenvalue weighted by Gasteiger charge is -2.29. The summed E-state index contributed by atoms with van der Waals surface area (Å²) < 4.78 is 29.2. The van der Waals surface area contributed by atoms with Gasteiger partial charge in [-0.2, -0.15) is 14.5 Å². The molecule has 0 aliphatic heterocycles. The number of nitrogens with zero attached hydrogens (tertiary/aromatic N) is 5. The molecule has 248 valence electrons. The molecule has 1 atom stereocenters. The Morgan fingerprint density at radius 2 is 1.56 bits per heavy atom. The third-order valence-corrected chi connectivity index (χ3v) is 9.46. The maximum atomic E-state index is 14.1. The monoisotopic (exact) mass is 670 g/mol. The highest BCUT2D eigenvalue weighted by Gasteiger charge is 2.36. The Kier molecular flexibility index (Phi) is 9.96. The lowest BCUT2D eigenvalue weighted by molar-refractivity contribution is -0.142. The molecule has 0 aliphatic carbocycles. The van der Waals surface area contributed by atoms with E-state index in [0.717, 1.165) is 32.4 Å². The second kappa shape index (κ2) is 14.1. The van der Waals surface area contributed by atoms with Crippen LogP contribution >= 0.6 is 0 Å².